The molecule has 0 saturated carbocycles. The Balaban J connectivity index is 1.60. The lowest BCUT2D eigenvalue weighted by molar-refractivity contribution is 0.413. The number of rotatable bonds is 4. The summed E-state index contributed by atoms with van der Waals surface area (Å²) in [5.41, 5.74) is 2.87. The van der Waals surface area contributed by atoms with Gasteiger partial charge in [0.25, 0.3) is 0 Å². The van der Waals surface area contributed by atoms with E-state index >= 15 is 0 Å². The number of imidazole rings is 1. The minimum absolute atomic E-state index is 0.161. The number of hydrogen-bond acceptors (Lipinski definition) is 5. The molecule has 7 heteroatoms. The molecule has 7 nitrogen and oxygen atoms in total. The molecule has 4 rings (SSSR count). The molecule has 1 aliphatic rings. The molecule has 1 atom stereocenters. The van der Waals surface area contributed by atoms with Crippen molar-refractivity contribution in [3.05, 3.63) is 53.6 Å². The number of ether oxygens (including phenoxy) is 1. The van der Waals surface area contributed by atoms with Gasteiger partial charge >= 0.3 is 0 Å². The van der Waals surface area contributed by atoms with E-state index in [1.807, 2.05) is 52.7 Å². The Kier molecular flexibility index (Phi) is 4.47. The average molecular weight is 360 g/mol. The first-order chi connectivity index (χ1) is 13.2. The average Bonchev–Trinajstić information content (AvgIpc) is 3.31. The molecule has 0 saturated heterocycles. The van der Waals surface area contributed by atoms with Crippen molar-refractivity contribution < 1.29 is 4.74 Å². The maximum atomic E-state index is 9.26. The Morgan fingerprint density at radius 1 is 1.33 bits per heavy atom. The molecule has 2 aromatic heterocycles. The molecule has 27 heavy (non-hydrogen) atoms. The third-order valence-corrected chi connectivity index (χ3v) is 4.67. The summed E-state index contributed by atoms with van der Waals surface area (Å²) >= 11 is 0. The number of aromatic nitrogens is 5. The summed E-state index contributed by atoms with van der Waals surface area (Å²) in [6, 6.07) is 8.29. The van der Waals surface area contributed by atoms with Gasteiger partial charge in [-0.1, -0.05) is 12.1 Å². The Morgan fingerprint density at radius 2 is 2.22 bits per heavy atom. The Hall–Kier alpha value is -3.40. The Morgan fingerprint density at radius 3 is 2.96 bits per heavy atom. The molecule has 0 fully saturated rings. The fraction of sp³-hybridized carbons (Fsp3) is 0.300. The molecule has 0 N–H and O–H groups in total. The highest BCUT2D eigenvalue weighted by molar-refractivity contribution is 5.69. The van der Waals surface area contributed by atoms with Crippen molar-refractivity contribution in [3.63, 3.8) is 0 Å². The molecular weight excluding hydrogens is 340 g/mol. The van der Waals surface area contributed by atoms with Crippen LogP contribution >= 0.6 is 0 Å². The smallest absolute Gasteiger partial charge is 0.174 e. The second-order valence-corrected chi connectivity index (χ2v) is 6.56. The van der Waals surface area contributed by atoms with Crippen LogP contribution in [0, 0.1) is 18.3 Å². The number of methoxy groups -OCH3 is 1. The predicted octanol–water partition coefficient (Wildman–Crippen LogP) is 3.35. The third-order valence-electron chi connectivity index (χ3n) is 4.67. The zero-order valence-electron chi connectivity index (χ0n) is 15.3. The zero-order valence-corrected chi connectivity index (χ0v) is 15.3. The highest BCUT2D eigenvalue weighted by Crippen LogP contribution is 2.27. The van der Waals surface area contributed by atoms with Crippen LogP contribution in [0.2, 0.25) is 0 Å². The molecule has 136 valence electrons. The van der Waals surface area contributed by atoms with Gasteiger partial charge in [-0.15, -0.1) is 0 Å². The Bertz CT molecular complexity index is 1040. The molecule has 0 spiro atoms. The first-order valence-corrected chi connectivity index (χ1v) is 8.89. The monoisotopic (exact) mass is 360 g/mol. The zero-order chi connectivity index (χ0) is 18.8. The first kappa shape index (κ1) is 17.0. The van der Waals surface area contributed by atoms with Gasteiger partial charge in [0, 0.05) is 12.7 Å². The van der Waals surface area contributed by atoms with Crippen LogP contribution in [-0.4, -0.2) is 31.4 Å². The van der Waals surface area contributed by atoms with Crippen molar-refractivity contribution in [1.82, 2.24) is 24.3 Å². The van der Waals surface area contributed by atoms with Crippen LogP contribution in [0.15, 0.2) is 30.7 Å². The summed E-state index contributed by atoms with van der Waals surface area (Å²) in [7, 11) is 1.66. The molecule has 0 amide bonds. The topological polar surface area (TPSA) is 81.5 Å². The van der Waals surface area contributed by atoms with E-state index in [9.17, 15) is 5.26 Å². The summed E-state index contributed by atoms with van der Waals surface area (Å²) in [5.74, 6) is 2.00. The van der Waals surface area contributed by atoms with E-state index in [4.69, 9.17) is 4.74 Å². The summed E-state index contributed by atoms with van der Waals surface area (Å²) in [6.07, 6.45) is 9.37. The summed E-state index contributed by atoms with van der Waals surface area (Å²) in [4.78, 5) is 8.79. The maximum absolute atomic E-state index is 9.26. The number of aryl methyl sites for hydroxylation is 2. The van der Waals surface area contributed by atoms with Crippen molar-refractivity contribution in [1.29, 1.82) is 5.26 Å². The first-order valence-electron chi connectivity index (χ1n) is 8.89. The van der Waals surface area contributed by atoms with Gasteiger partial charge in [-0.2, -0.15) is 10.4 Å². The van der Waals surface area contributed by atoms with Crippen LogP contribution in [0.4, 0.5) is 0 Å². The lowest BCUT2D eigenvalue weighted by Gasteiger charge is -2.15. The predicted molar refractivity (Wildman–Crippen MR) is 101 cm³/mol. The van der Waals surface area contributed by atoms with Gasteiger partial charge in [-0.05, 0) is 43.5 Å². The quantitative estimate of drug-likeness (QED) is 0.713. The molecule has 0 unspecified atom stereocenters. The summed E-state index contributed by atoms with van der Waals surface area (Å²) in [5, 5.41) is 13.8. The molecular formula is C20H20N6O. The van der Waals surface area contributed by atoms with E-state index in [1.165, 1.54) is 0 Å². The minimum atomic E-state index is -0.161. The molecule has 0 bridgehead atoms. The van der Waals surface area contributed by atoms with Gasteiger partial charge < -0.3 is 9.30 Å². The van der Waals surface area contributed by atoms with Gasteiger partial charge in [0.15, 0.2) is 5.82 Å². The molecule has 1 aromatic carbocycles. The van der Waals surface area contributed by atoms with Crippen molar-refractivity contribution in [2.24, 2.45) is 0 Å². The second kappa shape index (κ2) is 7.08. The summed E-state index contributed by atoms with van der Waals surface area (Å²) < 4.78 is 9.33. The number of hydrogen-bond donors (Lipinski definition) is 0. The molecule has 0 aliphatic carbocycles. The van der Waals surface area contributed by atoms with E-state index in [0.717, 1.165) is 47.9 Å². The third kappa shape index (κ3) is 3.34. The minimum Gasteiger partial charge on any atom is -0.495 e. The SMILES string of the molecule is COc1cc(/C=C/c2nc3n(n2)CCC[C@H]3C#N)ccc1-n1cnc(C)c1. The van der Waals surface area contributed by atoms with Crippen molar-refractivity contribution in [3.8, 4) is 17.5 Å². The van der Waals surface area contributed by atoms with E-state index in [2.05, 4.69) is 21.1 Å². The van der Waals surface area contributed by atoms with Gasteiger partial charge in [0.05, 0.1) is 30.9 Å². The van der Waals surface area contributed by atoms with E-state index in [1.54, 1.807) is 13.4 Å². The highest BCUT2D eigenvalue weighted by Gasteiger charge is 2.23. The number of benzene rings is 1. The van der Waals surface area contributed by atoms with Crippen LogP contribution in [-0.2, 0) is 6.54 Å². The lowest BCUT2D eigenvalue weighted by Crippen LogP contribution is -2.15. The van der Waals surface area contributed by atoms with Crippen molar-refractivity contribution >= 4 is 12.2 Å². The fourth-order valence-corrected chi connectivity index (χ4v) is 3.30. The van der Waals surface area contributed by atoms with Gasteiger partial charge in [-0.25, -0.2) is 14.6 Å². The normalized spacial score (nSPS) is 16.3. The van der Waals surface area contributed by atoms with Gasteiger partial charge in [0.2, 0.25) is 0 Å². The lowest BCUT2D eigenvalue weighted by atomic mass is 10.0. The van der Waals surface area contributed by atoms with E-state index in [0.29, 0.717) is 5.82 Å². The standard InChI is InChI=1S/C20H20N6O/c1-14-12-25(13-22-14)17-7-5-15(10-18(17)27-2)6-8-19-23-20-16(11-21)4-3-9-26(20)24-19/h5-8,10,12-13,16H,3-4,9H2,1-2H3/b8-6+/t16-/m0/s1. The van der Waals surface area contributed by atoms with Crippen LogP contribution in [0.1, 0.15) is 41.7 Å². The van der Waals surface area contributed by atoms with Crippen LogP contribution in [0.25, 0.3) is 17.8 Å². The highest BCUT2D eigenvalue weighted by atomic mass is 16.5. The molecule has 1 aliphatic heterocycles. The number of nitrogens with zero attached hydrogens (tertiary/aromatic N) is 6. The molecule has 3 aromatic rings. The van der Waals surface area contributed by atoms with Gasteiger partial charge in [0.1, 0.15) is 17.5 Å². The van der Waals surface area contributed by atoms with Crippen LogP contribution in [0.3, 0.4) is 0 Å². The van der Waals surface area contributed by atoms with Gasteiger partial charge in [-0.3, -0.25) is 0 Å². The largest absolute Gasteiger partial charge is 0.495 e. The van der Waals surface area contributed by atoms with E-state index < -0.39 is 0 Å². The number of fused-ring (bicyclic) bond motifs is 1. The van der Waals surface area contributed by atoms with Crippen LogP contribution in [0.5, 0.6) is 5.75 Å². The van der Waals surface area contributed by atoms with E-state index in [-0.39, 0.29) is 5.92 Å². The fourth-order valence-electron chi connectivity index (χ4n) is 3.30. The molecule has 3 heterocycles. The summed E-state index contributed by atoms with van der Waals surface area (Å²) in [6.45, 7) is 2.77. The Labute approximate surface area is 157 Å². The maximum Gasteiger partial charge on any atom is 0.174 e. The van der Waals surface area contributed by atoms with Crippen LogP contribution < -0.4 is 4.74 Å². The van der Waals surface area contributed by atoms with Crippen molar-refractivity contribution in [2.45, 2.75) is 32.2 Å². The molecule has 0 radical (unpaired) electrons. The van der Waals surface area contributed by atoms with Crippen molar-refractivity contribution in [2.75, 3.05) is 7.11 Å². The second-order valence-electron chi connectivity index (χ2n) is 6.56. The number of nitriles is 1.